The lowest BCUT2D eigenvalue weighted by molar-refractivity contribution is -0.129. The number of aliphatic imine (C=N–C) groups is 1. The van der Waals surface area contributed by atoms with Gasteiger partial charge in [-0.25, -0.2) is 4.99 Å². The van der Waals surface area contributed by atoms with Gasteiger partial charge in [-0.2, -0.15) is 0 Å². The normalized spacial score (nSPS) is 19.0. The van der Waals surface area contributed by atoms with Crippen LogP contribution in [-0.4, -0.2) is 46.3 Å². The zero-order chi connectivity index (χ0) is 15.7. The van der Waals surface area contributed by atoms with Crippen LogP contribution in [0.4, 0.5) is 5.69 Å². The number of amides is 1. The first kappa shape index (κ1) is 15.2. The second-order valence-corrected chi connectivity index (χ2v) is 7.02. The van der Waals surface area contributed by atoms with Crippen molar-refractivity contribution in [1.29, 1.82) is 0 Å². The summed E-state index contributed by atoms with van der Waals surface area (Å²) in [7, 11) is 1.96. The third kappa shape index (κ3) is 2.77. The first-order valence-electron chi connectivity index (χ1n) is 7.64. The van der Waals surface area contributed by atoms with E-state index in [9.17, 15) is 4.79 Å². The van der Waals surface area contributed by atoms with Crippen LogP contribution in [0.25, 0.3) is 5.70 Å². The molecule has 0 radical (unpaired) electrons. The van der Waals surface area contributed by atoms with E-state index in [0.717, 1.165) is 48.0 Å². The van der Waals surface area contributed by atoms with Crippen LogP contribution in [0.2, 0.25) is 0 Å². The molecule has 5 heteroatoms. The van der Waals surface area contributed by atoms with Gasteiger partial charge in [-0.05, 0) is 25.8 Å². The number of carbonyl (C=O) groups is 1. The minimum Gasteiger partial charge on any atom is -0.342 e. The molecule has 0 aromatic heterocycles. The van der Waals surface area contributed by atoms with Crippen LogP contribution in [0, 0.1) is 0 Å². The number of hydrogen-bond donors (Lipinski definition) is 0. The highest BCUT2D eigenvalue weighted by molar-refractivity contribution is 8.14. The first-order chi connectivity index (χ1) is 10.6. The van der Waals surface area contributed by atoms with Crippen molar-refractivity contribution in [3.8, 4) is 0 Å². The lowest BCUT2D eigenvalue weighted by Crippen LogP contribution is -2.36. The van der Waals surface area contributed by atoms with Crippen LogP contribution in [0.15, 0.2) is 35.8 Å². The van der Waals surface area contributed by atoms with E-state index in [1.165, 1.54) is 11.8 Å². The Kier molecular flexibility index (Phi) is 4.25. The lowest BCUT2D eigenvalue weighted by Gasteiger charge is -2.30. The van der Waals surface area contributed by atoms with Crippen LogP contribution in [-0.2, 0) is 4.79 Å². The van der Waals surface area contributed by atoms with Gasteiger partial charge in [-0.1, -0.05) is 36.5 Å². The molecule has 22 heavy (non-hydrogen) atoms. The van der Waals surface area contributed by atoms with Crippen molar-refractivity contribution in [2.24, 2.45) is 4.99 Å². The van der Waals surface area contributed by atoms with E-state index in [1.807, 2.05) is 48.0 Å². The molecule has 2 aliphatic heterocycles. The van der Waals surface area contributed by atoms with Crippen molar-refractivity contribution >= 4 is 34.2 Å². The fourth-order valence-corrected chi connectivity index (χ4v) is 3.78. The van der Waals surface area contributed by atoms with Crippen LogP contribution < -0.4 is 0 Å². The second kappa shape index (κ2) is 6.16. The number of benzene rings is 1. The fraction of sp³-hybridized carbons (Fsp3) is 0.412. The van der Waals surface area contributed by atoms with Crippen molar-refractivity contribution in [2.45, 2.75) is 25.0 Å². The summed E-state index contributed by atoms with van der Waals surface area (Å²) in [5.74, 6) is 0.211. The number of rotatable bonds is 2. The summed E-state index contributed by atoms with van der Waals surface area (Å²) in [5.41, 5.74) is 2.90. The summed E-state index contributed by atoms with van der Waals surface area (Å²) in [6.45, 7) is 7.90. The van der Waals surface area contributed by atoms with E-state index in [-0.39, 0.29) is 11.2 Å². The molecule has 1 aromatic carbocycles. The Labute approximate surface area is 135 Å². The fourth-order valence-electron chi connectivity index (χ4n) is 2.80. The lowest BCUT2D eigenvalue weighted by atomic mass is 10.1. The molecule has 0 spiro atoms. The third-order valence-corrected chi connectivity index (χ3v) is 5.30. The average molecular weight is 315 g/mol. The van der Waals surface area contributed by atoms with Crippen molar-refractivity contribution in [3.63, 3.8) is 0 Å². The Hall–Kier alpha value is -1.75. The highest BCUT2D eigenvalue weighted by Gasteiger charge is 2.28. The maximum absolute atomic E-state index is 12.5. The zero-order valence-corrected chi connectivity index (χ0v) is 13.9. The molecule has 1 saturated heterocycles. The SMILES string of the molecule is C=C1c2ccccc2N=C(S[C@H](C)C(=O)N2CCCC2)N1C. The van der Waals surface area contributed by atoms with Crippen molar-refractivity contribution in [3.05, 3.63) is 36.4 Å². The molecule has 1 amide bonds. The van der Waals surface area contributed by atoms with Gasteiger partial charge in [0, 0.05) is 31.4 Å². The molecule has 1 fully saturated rings. The van der Waals surface area contributed by atoms with Gasteiger partial charge in [0.2, 0.25) is 5.91 Å². The van der Waals surface area contributed by atoms with Crippen LogP contribution in [0.1, 0.15) is 25.3 Å². The maximum Gasteiger partial charge on any atom is 0.235 e. The number of carbonyl (C=O) groups excluding carboxylic acids is 1. The van der Waals surface area contributed by atoms with E-state index in [1.54, 1.807) is 0 Å². The van der Waals surface area contributed by atoms with Crippen molar-refractivity contribution in [1.82, 2.24) is 9.80 Å². The molecule has 0 bridgehead atoms. The molecule has 3 rings (SSSR count). The summed E-state index contributed by atoms with van der Waals surface area (Å²) in [6.07, 6.45) is 2.24. The number of nitrogens with zero attached hydrogens (tertiary/aromatic N) is 3. The molecular formula is C17H21N3OS. The molecule has 2 heterocycles. The number of fused-ring (bicyclic) bond motifs is 1. The minimum atomic E-state index is -0.127. The molecule has 1 atom stereocenters. The molecule has 0 aliphatic carbocycles. The summed E-state index contributed by atoms with van der Waals surface area (Å²) >= 11 is 1.51. The molecule has 2 aliphatic rings. The van der Waals surface area contributed by atoms with Crippen LogP contribution >= 0.6 is 11.8 Å². The summed E-state index contributed by atoms with van der Waals surface area (Å²) < 4.78 is 0. The van der Waals surface area contributed by atoms with E-state index < -0.39 is 0 Å². The molecule has 0 unspecified atom stereocenters. The van der Waals surface area contributed by atoms with E-state index >= 15 is 0 Å². The van der Waals surface area contributed by atoms with Gasteiger partial charge in [0.1, 0.15) is 0 Å². The van der Waals surface area contributed by atoms with Gasteiger partial charge < -0.3 is 9.80 Å². The summed E-state index contributed by atoms with van der Waals surface area (Å²) in [4.78, 5) is 21.1. The standard InChI is InChI=1S/C17H21N3OS/c1-12-14-8-4-5-9-15(14)18-17(19(12)3)22-13(2)16(21)20-10-6-7-11-20/h4-5,8-9,13H,1,6-7,10-11H2,2-3H3/t13-/m1/s1. The molecule has 1 aromatic rings. The number of thioether (sulfide) groups is 1. The van der Waals surface area contributed by atoms with Gasteiger partial charge in [-0.3, -0.25) is 4.79 Å². The molecule has 116 valence electrons. The maximum atomic E-state index is 12.5. The topological polar surface area (TPSA) is 35.9 Å². The van der Waals surface area contributed by atoms with E-state index in [0.29, 0.717) is 0 Å². The van der Waals surface area contributed by atoms with Crippen molar-refractivity contribution in [2.75, 3.05) is 20.1 Å². The quantitative estimate of drug-likeness (QED) is 0.840. The van der Waals surface area contributed by atoms with Gasteiger partial charge in [0.05, 0.1) is 10.9 Å². The zero-order valence-electron chi connectivity index (χ0n) is 13.1. The Bertz CT molecular complexity index is 635. The highest BCUT2D eigenvalue weighted by atomic mass is 32.2. The Morgan fingerprint density at radius 3 is 2.73 bits per heavy atom. The number of amidine groups is 1. The second-order valence-electron chi connectivity index (χ2n) is 5.71. The molecule has 0 saturated carbocycles. The summed E-state index contributed by atoms with van der Waals surface area (Å²) in [5, 5.41) is 0.709. The predicted molar refractivity (Wildman–Crippen MR) is 93.2 cm³/mol. The Morgan fingerprint density at radius 2 is 2.00 bits per heavy atom. The monoisotopic (exact) mass is 315 g/mol. The molecule has 4 nitrogen and oxygen atoms in total. The van der Waals surface area contributed by atoms with Gasteiger partial charge in [0.15, 0.2) is 5.17 Å². The highest BCUT2D eigenvalue weighted by Crippen LogP contribution is 2.35. The molecule has 0 N–H and O–H groups in total. The minimum absolute atomic E-state index is 0.127. The average Bonchev–Trinajstić information content (AvgIpc) is 3.06. The van der Waals surface area contributed by atoms with Crippen LogP contribution in [0.5, 0.6) is 0 Å². The number of likely N-dealkylation sites (tertiary alicyclic amines) is 1. The van der Waals surface area contributed by atoms with Crippen molar-refractivity contribution < 1.29 is 4.79 Å². The number of hydrogen-bond acceptors (Lipinski definition) is 4. The van der Waals surface area contributed by atoms with Gasteiger partial charge in [0.25, 0.3) is 0 Å². The largest absolute Gasteiger partial charge is 0.342 e. The third-order valence-electron chi connectivity index (χ3n) is 4.17. The smallest absolute Gasteiger partial charge is 0.235 e. The van der Waals surface area contributed by atoms with E-state index in [2.05, 4.69) is 6.58 Å². The first-order valence-corrected chi connectivity index (χ1v) is 8.52. The van der Waals surface area contributed by atoms with Gasteiger partial charge >= 0.3 is 0 Å². The van der Waals surface area contributed by atoms with Gasteiger partial charge in [-0.15, -0.1) is 0 Å². The number of para-hydroxylation sites is 1. The summed E-state index contributed by atoms with van der Waals surface area (Å²) in [6, 6.07) is 7.98. The Balaban J connectivity index is 1.78. The van der Waals surface area contributed by atoms with E-state index in [4.69, 9.17) is 4.99 Å². The Morgan fingerprint density at radius 1 is 1.32 bits per heavy atom. The molecular weight excluding hydrogens is 294 g/mol. The predicted octanol–water partition coefficient (Wildman–Crippen LogP) is 3.33. The van der Waals surface area contributed by atoms with Crippen LogP contribution in [0.3, 0.4) is 0 Å².